The summed E-state index contributed by atoms with van der Waals surface area (Å²) in [5.74, 6) is 1.74. The molecular formula is C17H24N2O2. The molecule has 1 heterocycles. The lowest BCUT2D eigenvalue weighted by Crippen LogP contribution is -2.34. The third-order valence-corrected chi connectivity index (χ3v) is 4.73. The van der Waals surface area contributed by atoms with Crippen molar-refractivity contribution in [2.75, 3.05) is 13.7 Å². The Kier molecular flexibility index (Phi) is 4.15. The van der Waals surface area contributed by atoms with E-state index in [2.05, 4.69) is 5.32 Å². The van der Waals surface area contributed by atoms with Crippen LogP contribution in [0.1, 0.15) is 44.3 Å². The van der Waals surface area contributed by atoms with Gasteiger partial charge in [0.05, 0.1) is 13.2 Å². The lowest BCUT2D eigenvalue weighted by Gasteiger charge is -2.27. The molecule has 4 nitrogen and oxygen atoms in total. The first kappa shape index (κ1) is 14.4. The van der Waals surface area contributed by atoms with Crippen molar-refractivity contribution in [3.8, 4) is 5.75 Å². The number of hydrogen-bond donors (Lipinski definition) is 1. The maximum Gasteiger partial charge on any atom is 0.241 e. The number of ether oxygens (including phenoxy) is 1. The number of carbonyl (C=O) groups excluding carboxylic acids is 1. The van der Waals surface area contributed by atoms with Crippen molar-refractivity contribution >= 4 is 5.91 Å². The number of methoxy groups -OCH3 is 1. The fraction of sp³-hybridized carbons (Fsp3) is 0.588. The van der Waals surface area contributed by atoms with Crippen molar-refractivity contribution in [2.45, 2.75) is 44.8 Å². The molecule has 1 aliphatic heterocycles. The number of nitrogens with one attached hydrogen (secondary N) is 1. The van der Waals surface area contributed by atoms with Gasteiger partial charge in [-0.25, -0.2) is 0 Å². The fourth-order valence-electron chi connectivity index (χ4n) is 3.50. The van der Waals surface area contributed by atoms with Gasteiger partial charge in [0, 0.05) is 6.54 Å². The van der Waals surface area contributed by atoms with E-state index >= 15 is 0 Å². The highest BCUT2D eigenvalue weighted by atomic mass is 16.5. The minimum absolute atomic E-state index is 0.000920. The molecule has 3 rings (SSSR count). The average Bonchev–Trinajstić information content (AvgIpc) is 3.11. The van der Waals surface area contributed by atoms with Gasteiger partial charge in [-0.05, 0) is 43.4 Å². The predicted molar refractivity (Wildman–Crippen MR) is 82.0 cm³/mol. The van der Waals surface area contributed by atoms with Crippen molar-refractivity contribution in [3.63, 3.8) is 0 Å². The van der Waals surface area contributed by atoms with Crippen LogP contribution in [0.5, 0.6) is 5.75 Å². The highest BCUT2D eigenvalue weighted by Gasteiger charge is 2.38. The van der Waals surface area contributed by atoms with Gasteiger partial charge in [0.25, 0.3) is 0 Å². The molecule has 1 aliphatic carbocycles. The van der Waals surface area contributed by atoms with E-state index in [-0.39, 0.29) is 18.1 Å². The van der Waals surface area contributed by atoms with Crippen LogP contribution in [0.3, 0.4) is 0 Å². The summed E-state index contributed by atoms with van der Waals surface area (Å²) in [5, 5.41) is 3.42. The average molecular weight is 288 g/mol. The van der Waals surface area contributed by atoms with E-state index in [9.17, 15) is 4.79 Å². The van der Waals surface area contributed by atoms with Gasteiger partial charge < -0.3 is 9.64 Å². The standard InChI is InChI=1S/C17H24N2O2/c1-12-17(20)19(11-13-5-3-4-6-13)16(18-12)14-7-9-15(21-2)10-8-14/h7-10,12-13,16,18H,3-6,11H2,1-2H3. The van der Waals surface area contributed by atoms with Gasteiger partial charge in [-0.15, -0.1) is 0 Å². The van der Waals surface area contributed by atoms with Crippen LogP contribution in [0.15, 0.2) is 24.3 Å². The molecule has 2 aliphatic rings. The number of rotatable bonds is 4. The summed E-state index contributed by atoms with van der Waals surface area (Å²) in [5.41, 5.74) is 1.13. The number of hydrogen-bond acceptors (Lipinski definition) is 3. The quantitative estimate of drug-likeness (QED) is 0.926. The second-order valence-corrected chi connectivity index (χ2v) is 6.21. The molecule has 0 radical (unpaired) electrons. The summed E-state index contributed by atoms with van der Waals surface area (Å²) >= 11 is 0. The Balaban J connectivity index is 1.78. The Morgan fingerprint density at radius 3 is 2.52 bits per heavy atom. The van der Waals surface area contributed by atoms with E-state index in [0.29, 0.717) is 5.92 Å². The molecule has 0 aromatic heterocycles. The summed E-state index contributed by atoms with van der Waals surface area (Å²) < 4.78 is 5.21. The van der Waals surface area contributed by atoms with E-state index < -0.39 is 0 Å². The van der Waals surface area contributed by atoms with E-state index in [1.165, 1.54) is 25.7 Å². The van der Waals surface area contributed by atoms with Crippen LogP contribution < -0.4 is 10.1 Å². The van der Waals surface area contributed by atoms with Crippen molar-refractivity contribution in [1.29, 1.82) is 0 Å². The van der Waals surface area contributed by atoms with Gasteiger partial charge in [0.15, 0.2) is 0 Å². The third kappa shape index (κ3) is 2.91. The molecule has 2 atom stereocenters. The molecule has 1 aromatic carbocycles. The zero-order chi connectivity index (χ0) is 14.8. The van der Waals surface area contributed by atoms with Gasteiger partial charge >= 0.3 is 0 Å². The largest absolute Gasteiger partial charge is 0.497 e. The van der Waals surface area contributed by atoms with Crippen LogP contribution in [0, 0.1) is 5.92 Å². The van der Waals surface area contributed by atoms with E-state index in [1.54, 1.807) is 7.11 Å². The van der Waals surface area contributed by atoms with Crippen molar-refractivity contribution in [2.24, 2.45) is 5.92 Å². The van der Waals surface area contributed by atoms with Crippen molar-refractivity contribution in [1.82, 2.24) is 10.2 Å². The van der Waals surface area contributed by atoms with E-state index in [4.69, 9.17) is 4.74 Å². The van der Waals surface area contributed by atoms with Gasteiger partial charge in [-0.1, -0.05) is 25.0 Å². The molecule has 4 heteroatoms. The first-order valence-corrected chi connectivity index (χ1v) is 7.89. The Labute approximate surface area is 126 Å². The lowest BCUT2D eigenvalue weighted by atomic mass is 10.1. The normalized spacial score (nSPS) is 26.6. The van der Waals surface area contributed by atoms with Crippen LogP contribution in [0.25, 0.3) is 0 Å². The number of carbonyl (C=O) groups is 1. The predicted octanol–water partition coefficient (Wildman–Crippen LogP) is 2.70. The Morgan fingerprint density at radius 2 is 1.90 bits per heavy atom. The highest BCUT2D eigenvalue weighted by Crippen LogP contribution is 2.32. The molecule has 21 heavy (non-hydrogen) atoms. The minimum Gasteiger partial charge on any atom is -0.497 e. The topological polar surface area (TPSA) is 41.6 Å². The molecule has 2 fully saturated rings. The maximum absolute atomic E-state index is 12.4. The molecule has 1 saturated heterocycles. The van der Waals surface area contributed by atoms with Gasteiger partial charge in [-0.3, -0.25) is 10.1 Å². The molecule has 1 aromatic rings. The lowest BCUT2D eigenvalue weighted by molar-refractivity contribution is -0.130. The number of benzene rings is 1. The molecule has 1 saturated carbocycles. The summed E-state index contributed by atoms with van der Waals surface area (Å²) in [6, 6.07) is 7.90. The van der Waals surface area contributed by atoms with Gasteiger partial charge in [0.1, 0.15) is 11.9 Å². The number of amides is 1. The summed E-state index contributed by atoms with van der Waals surface area (Å²) in [7, 11) is 1.67. The Hall–Kier alpha value is -1.55. The summed E-state index contributed by atoms with van der Waals surface area (Å²) in [6.07, 6.45) is 5.13. The highest BCUT2D eigenvalue weighted by molar-refractivity contribution is 5.84. The zero-order valence-corrected chi connectivity index (χ0v) is 12.8. The Bertz CT molecular complexity index is 494. The second kappa shape index (κ2) is 6.06. The van der Waals surface area contributed by atoms with Crippen molar-refractivity contribution < 1.29 is 9.53 Å². The van der Waals surface area contributed by atoms with E-state index in [0.717, 1.165) is 17.9 Å². The first-order valence-electron chi connectivity index (χ1n) is 7.89. The fourth-order valence-corrected chi connectivity index (χ4v) is 3.50. The molecule has 0 spiro atoms. The second-order valence-electron chi connectivity index (χ2n) is 6.21. The van der Waals surface area contributed by atoms with Gasteiger partial charge in [-0.2, -0.15) is 0 Å². The maximum atomic E-state index is 12.4. The monoisotopic (exact) mass is 288 g/mol. The summed E-state index contributed by atoms with van der Waals surface area (Å²) in [4.78, 5) is 14.5. The minimum atomic E-state index is -0.0986. The molecule has 0 bridgehead atoms. The first-order chi connectivity index (χ1) is 10.2. The van der Waals surface area contributed by atoms with Crippen LogP contribution in [0.2, 0.25) is 0 Å². The Morgan fingerprint density at radius 1 is 1.24 bits per heavy atom. The SMILES string of the molecule is COc1ccc(C2NC(C)C(=O)N2CC2CCCC2)cc1. The molecule has 2 unspecified atom stereocenters. The molecular weight excluding hydrogens is 264 g/mol. The summed E-state index contributed by atoms with van der Waals surface area (Å²) in [6.45, 7) is 2.83. The van der Waals surface area contributed by atoms with Crippen LogP contribution >= 0.6 is 0 Å². The van der Waals surface area contributed by atoms with Gasteiger partial charge in [0.2, 0.25) is 5.91 Å². The molecule has 1 amide bonds. The van der Waals surface area contributed by atoms with Crippen LogP contribution in [0.4, 0.5) is 0 Å². The van der Waals surface area contributed by atoms with E-state index in [1.807, 2.05) is 36.1 Å². The third-order valence-electron chi connectivity index (χ3n) is 4.73. The molecule has 1 N–H and O–H groups in total. The zero-order valence-electron chi connectivity index (χ0n) is 12.8. The number of nitrogens with zero attached hydrogens (tertiary/aromatic N) is 1. The van der Waals surface area contributed by atoms with Crippen LogP contribution in [-0.2, 0) is 4.79 Å². The smallest absolute Gasteiger partial charge is 0.241 e. The van der Waals surface area contributed by atoms with Crippen molar-refractivity contribution in [3.05, 3.63) is 29.8 Å². The molecule has 114 valence electrons. The van der Waals surface area contributed by atoms with Crippen LogP contribution in [-0.4, -0.2) is 30.5 Å².